The van der Waals surface area contributed by atoms with Gasteiger partial charge in [0.05, 0.1) is 30.5 Å². The van der Waals surface area contributed by atoms with Crippen LogP contribution < -0.4 is 10.6 Å². The number of urea groups is 1. The second-order valence-corrected chi connectivity index (χ2v) is 4.08. The van der Waals surface area contributed by atoms with Crippen LogP contribution in [0.25, 0.3) is 0 Å². The molecule has 0 spiro atoms. The Labute approximate surface area is 103 Å². The summed E-state index contributed by atoms with van der Waals surface area (Å²) in [5.41, 5.74) is 0.801. The zero-order valence-corrected chi connectivity index (χ0v) is 9.59. The van der Waals surface area contributed by atoms with Gasteiger partial charge in [-0.15, -0.1) is 0 Å². The molecule has 1 heterocycles. The largest absolute Gasteiger partial charge is 0.481 e. The number of carboxylic acid groups (broad SMARTS) is 1. The summed E-state index contributed by atoms with van der Waals surface area (Å²) in [6.07, 6.45) is 6.85. The Morgan fingerprint density at radius 1 is 1.50 bits per heavy atom. The molecule has 2 unspecified atom stereocenters. The van der Waals surface area contributed by atoms with Crippen molar-refractivity contribution < 1.29 is 14.7 Å². The molecule has 0 fully saturated rings. The molecule has 1 aromatic rings. The molecule has 0 aromatic carbocycles. The van der Waals surface area contributed by atoms with E-state index >= 15 is 0 Å². The van der Waals surface area contributed by atoms with Crippen molar-refractivity contribution >= 4 is 12.0 Å². The maximum atomic E-state index is 11.5. The summed E-state index contributed by atoms with van der Waals surface area (Å²) in [5.74, 6) is -1.38. The highest BCUT2D eigenvalue weighted by Crippen LogP contribution is 2.17. The van der Waals surface area contributed by atoms with Crippen LogP contribution in [0.2, 0.25) is 0 Å². The molecule has 1 aliphatic carbocycles. The number of carbonyl (C=O) groups is 2. The summed E-state index contributed by atoms with van der Waals surface area (Å²) >= 11 is 0. The molecule has 7 nitrogen and oxygen atoms in total. The standard InChI is InChI=1S/C11H14N4O3/c16-10(17)7-1-2-8(3-7)15-11(18)13-5-9-4-12-6-14-9/h1-2,4,6-8H,3,5H2,(H,12,14)(H,16,17)(H2,13,15,18). The summed E-state index contributed by atoms with van der Waals surface area (Å²) in [7, 11) is 0. The van der Waals surface area contributed by atoms with Gasteiger partial charge >= 0.3 is 12.0 Å². The topological polar surface area (TPSA) is 107 Å². The number of carboxylic acids is 1. The summed E-state index contributed by atoms with van der Waals surface area (Å²) in [6.45, 7) is 0.352. The first kappa shape index (κ1) is 12.2. The second kappa shape index (κ2) is 5.35. The van der Waals surface area contributed by atoms with Gasteiger partial charge in [0, 0.05) is 6.20 Å². The Balaban J connectivity index is 1.72. The molecule has 2 rings (SSSR count). The van der Waals surface area contributed by atoms with E-state index in [1.54, 1.807) is 18.3 Å². The van der Waals surface area contributed by atoms with Gasteiger partial charge < -0.3 is 20.7 Å². The van der Waals surface area contributed by atoms with Gasteiger partial charge in [0.1, 0.15) is 0 Å². The summed E-state index contributed by atoms with van der Waals surface area (Å²) in [4.78, 5) is 28.9. The lowest BCUT2D eigenvalue weighted by molar-refractivity contribution is -0.140. The van der Waals surface area contributed by atoms with Crippen molar-refractivity contribution in [1.82, 2.24) is 20.6 Å². The lowest BCUT2D eigenvalue weighted by Gasteiger charge is -2.12. The number of imidazole rings is 1. The highest BCUT2D eigenvalue weighted by atomic mass is 16.4. The highest BCUT2D eigenvalue weighted by molar-refractivity contribution is 5.76. The van der Waals surface area contributed by atoms with Gasteiger partial charge in [-0.25, -0.2) is 9.78 Å². The fourth-order valence-electron chi connectivity index (χ4n) is 1.77. The van der Waals surface area contributed by atoms with Crippen LogP contribution in [0.15, 0.2) is 24.7 Å². The van der Waals surface area contributed by atoms with Crippen LogP contribution >= 0.6 is 0 Å². The van der Waals surface area contributed by atoms with Crippen molar-refractivity contribution in [2.45, 2.75) is 19.0 Å². The fourth-order valence-corrected chi connectivity index (χ4v) is 1.77. The molecule has 4 N–H and O–H groups in total. The highest BCUT2D eigenvalue weighted by Gasteiger charge is 2.25. The third-order valence-corrected chi connectivity index (χ3v) is 2.71. The number of aromatic nitrogens is 2. The van der Waals surface area contributed by atoms with E-state index in [0.29, 0.717) is 13.0 Å². The number of hydrogen-bond acceptors (Lipinski definition) is 3. The lowest BCUT2D eigenvalue weighted by Crippen LogP contribution is -2.40. The summed E-state index contributed by atoms with van der Waals surface area (Å²) in [5, 5.41) is 14.1. The minimum Gasteiger partial charge on any atom is -0.481 e. The van der Waals surface area contributed by atoms with E-state index < -0.39 is 11.9 Å². The number of H-pyrrole nitrogens is 1. The van der Waals surface area contributed by atoms with Crippen LogP contribution in [0.4, 0.5) is 4.79 Å². The number of nitrogens with zero attached hydrogens (tertiary/aromatic N) is 1. The molecule has 18 heavy (non-hydrogen) atoms. The molecule has 0 saturated carbocycles. The molecule has 2 amide bonds. The molecule has 0 radical (unpaired) electrons. The molecule has 0 bridgehead atoms. The van der Waals surface area contributed by atoms with E-state index in [9.17, 15) is 9.59 Å². The van der Waals surface area contributed by atoms with Crippen molar-refractivity contribution in [3.63, 3.8) is 0 Å². The number of aliphatic carboxylic acids is 1. The normalized spacial score (nSPS) is 21.8. The van der Waals surface area contributed by atoms with Gasteiger partial charge in [-0.3, -0.25) is 4.79 Å². The number of amides is 2. The Bertz CT molecular complexity index is 455. The van der Waals surface area contributed by atoms with Gasteiger partial charge in [-0.2, -0.15) is 0 Å². The number of carbonyl (C=O) groups excluding carboxylic acids is 1. The smallest absolute Gasteiger partial charge is 0.315 e. The van der Waals surface area contributed by atoms with Crippen molar-refractivity contribution in [2.24, 2.45) is 5.92 Å². The van der Waals surface area contributed by atoms with Gasteiger partial charge in [-0.1, -0.05) is 12.2 Å². The molecule has 96 valence electrons. The minimum absolute atomic E-state index is 0.229. The number of nitrogens with one attached hydrogen (secondary N) is 3. The van der Waals surface area contributed by atoms with E-state index in [1.165, 1.54) is 6.33 Å². The molecule has 0 saturated heterocycles. The van der Waals surface area contributed by atoms with Crippen LogP contribution in [0.3, 0.4) is 0 Å². The van der Waals surface area contributed by atoms with Gasteiger partial charge in [0.15, 0.2) is 0 Å². The molecule has 7 heteroatoms. The number of aromatic amines is 1. The van der Waals surface area contributed by atoms with Crippen molar-refractivity contribution in [3.8, 4) is 0 Å². The van der Waals surface area contributed by atoms with Crippen molar-refractivity contribution in [3.05, 3.63) is 30.4 Å². The average Bonchev–Trinajstić information content (AvgIpc) is 2.96. The predicted octanol–water partition coefficient (Wildman–Crippen LogP) is 0.238. The third-order valence-electron chi connectivity index (χ3n) is 2.71. The van der Waals surface area contributed by atoms with Gasteiger partial charge in [-0.05, 0) is 6.42 Å². The zero-order valence-electron chi connectivity index (χ0n) is 9.59. The van der Waals surface area contributed by atoms with E-state index in [0.717, 1.165) is 5.69 Å². The second-order valence-electron chi connectivity index (χ2n) is 4.08. The van der Waals surface area contributed by atoms with E-state index in [2.05, 4.69) is 20.6 Å². The Morgan fingerprint density at radius 3 is 2.94 bits per heavy atom. The first-order valence-electron chi connectivity index (χ1n) is 5.58. The molecule has 0 aliphatic heterocycles. The average molecular weight is 250 g/mol. The zero-order chi connectivity index (χ0) is 13.0. The van der Waals surface area contributed by atoms with E-state index in [1.807, 2.05) is 0 Å². The maximum absolute atomic E-state index is 11.5. The molecular formula is C11H14N4O3. The molecular weight excluding hydrogens is 236 g/mol. The Hall–Kier alpha value is -2.31. The summed E-state index contributed by atoms with van der Waals surface area (Å²) in [6, 6.07) is -0.557. The fraction of sp³-hybridized carbons (Fsp3) is 0.364. The monoisotopic (exact) mass is 250 g/mol. The van der Waals surface area contributed by atoms with Crippen LogP contribution in [0.1, 0.15) is 12.1 Å². The SMILES string of the molecule is O=C(NCc1cnc[nH]1)NC1C=CC(C(=O)O)C1. The first-order valence-corrected chi connectivity index (χ1v) is 5.58. The minimum atomic E-state index is -0.867. The first-order chi connectivity index (χ1) is 8.65. The molecule has 1 aromatic heterocycles. The quantitative estimate of drug-likeness (QED) is 0.574. The molecule has 1 aliphatic rings. The van der Waals surface area contributed by atoms with Crippen molar-refractivity contribution in [1.29, 1.82) is 0 Å². The van der Waals surface area contributed by atoms with Crippen LogP contribution in [0, 0.1) is 5.92 Å². The van der Waals surface area contributed by atoms with Gasteiger partial charge in [0.2, 0.25) is 0 Å². The molecule has 2 atom stereocenters. The van der Waals surface area contributed by atoms with Gasteiger partial charge in [0.25, 0.3) is 0 Å². The van der Waals surface area contributed by atoms with Crippen LogP contribution in [-0.4, -0.2) is 33.1 Å². The maximum Gasteiger partial charge on any atom is 0.315 e. The number of rotatable bonds is 4. The number of hydrogen-bond donors (Lipinski definition) is 4. The Morgan fingerprint density at radius 2 is 2.33 bits per heavy atom. The van der Waals surface area contributed by atoms with E-state index in [-0.39, 0.29) is 12.1 Å². The van der Waals surface area contributed by atoms with Crippen LogP contribution in [-0.2, 0) is 11.3 Å². The van der Waals surface area contributed by atoms with Crippen LogP contribution in [0.5, 0.6) is 0 Å². The lowest BCUT2D eigenvalue weighted by atomic mass is 10.1. The Kier molecular flexibility index (Phi) is 3.61. The van der Waals surface area contributed by atoms with E-state index in [4.69, 9.17) is 5.11 Å². The summed E-state index contributed by atoms with van der Waals surface area (Å²) < 4.78 is 0. The predicted molar refractivity (Wildman–Crippen MR) is 62.6 cm³/mol. The third kappa shape index (κ3) is 3.09. The van der Waals surface area contributed by atoms with Crippen molar-refractivity contribution in [2.75, 3.05) is 0 Å².